The fourth-order valence-corrected chi connectivity index (χ4v) is 3.76. The SMILES string of the molecule is Cc1ccccc1CC(=O)N1CCC(c2c[nH]c3ccccc23)C1. The molecule has 122 valence electrons. The van der Waals surface area contributed by atoms with Crippen molar-refractivity contribution < 1.29 is 4.79 Å². The average molecular weight is 318 g/mol. The number of aryl methyl sites for hydroxylation is 1. The van der Waals surface area contributed by atoms with Crippen LogP contribution in [0.5, 0.6) is 0 Å². The first-order chi connectivity index (χ1) is 11.7. The Hall–Kier alpha value is -2.55. The van der Waals surface area contributed by atoms with Crippen molar-refractivity contribution in [1.82, 2.24) is 9.88 Å². The lowest BCUT2D eigenvalue weighted by molar-refractivity contribution is -0.129. The van der Waals surface area contributed by atoms with Crippen LogP contribution in [0, 0.1) is 6.92 Å². The Kier molecular flexibility index (Phi) is 3.85. The zero-order valence-corrected chi connectivity index (χ0v) is 14.0. The Balaban J connectivity index is 1.48. The Morgan fingerprint density at radius 1 is 1.17 bits per heavy atom. The lowest BCUT2D eigenvalue weighted by Crippen LogP contribution is -2.30. The summed E-state index contributed by atoms with van der Waals surface area (Å²) in [6.45, 7) is 3.75. The molecular weight excluding hydrogens is 296 g/mol. The van der Waals surface area contributed by atoms with E-state index in [0.717, 1.165) is 25.1 Å². The number of likely N-dealkylation sites (tertiary alicyclic amines) is 1. The van der Waals surface area contributed by atoms with Crippen molar-refractivity contribution in [3.8, 4) is 0 Å². The molecule has 0 saturated carbocycles. The van der Waals surface area contributed by atoms with Gasteiger partial charge in [-0.25, -0.2) is 0 Å². The monoisotopic (exact) mass is 318 g/mol. The summed E-state index contributed by atoms with van der Waals surface area (Å²) in [4.78, 5) is 18.0. The predicted octanol–water partition coefficient (Wildman–Crippen LogP) is 4.03. The first-order valence-electron chi connectivity index (χ1n) is 8.60. The molecule has 1 amide bonds. The topological polar surface area (TPSA) is 36.1 Å². The van der Waals surface area contributed by atoms with Gasteiger partial charge in [0.05, 0.1) is 6.42 Å². The van der Waals surface area contributed by atoms with Gasteiger partial charge in [0.25, 0.3) is 0 Å². The van der Waals surface area contributed by atoms with Gasteiger partial charge in [-0.05, 0) is 36.1 Å². The van der Waals surface area contributed by atoms with Gasteiger partial charge in [-0.1, -0.05) is 42.5 Å². The number of nitrogens with one attached hydrogen (secondary N) is 1. The highest BCUT2D eigenvalue weighted by Crippen LogP contribution is 2.32. The number of para-hydroxylation sites is 1. The van der Waals surface area contributed by atoms with E-state index >= 15 is 0 Å². The first kappa shape index (κ1) is 15.0. The van der Waals surface area contributed by atoms with Crippen LogP contribution in [-0.2, 0) is 11.2 Å². The lowest BCUT2D eigenvalue weighted by atomic mass is 9.98. The van der Waals surface area contributed by atoms with Crippen molar-refractivity contribution in [1.29, 1.82) is 0 Å². The standard InChI is InChI=1S/C21H22N2O/c1-15-6-2-3-7-16(15)12-21(24)23-11-10-17(14-23)19-13-22-20-9-5-4-8-18(19)20/h2-9,13,17,22H,10-12,14H2,1H3. The lowest BCUT2D eigenvalue weighted by Gasteiger charge is -2.17. The molecule has 2 aromatic carbocycles. The van der Waals surface area contributed by atoms with Crippen LogP contribution >= 0.6 is 0 Å². The first-order valence-corrected chi connectivity index (χ1v) is 8.60. The van der Waals surface area contributed by atoms with E-state index in [-0.39, 0.29) is 5.91 Å². The molecule has 1 aromatic heterocycles. The zero-order chi connectivity index (χ0) is 16.5. The average Bonchev–Trinajstić information content (AvgIpc) is 3.23. The van der Waals surface area contributed by atoms with Gasteiger partial charge >= 0.3 is 0 Å². The van der Waals surface area contributed by atoms with Gasteiger partial charge in [-0.15, -0.1) is 0 Å². The Bertz CT molecular complexity index is 880. The molecule has 1 N–H and O–H groups in total. The van der Waals surface area contributed by atoms with Crippen molar-refractivity contribution in [2.24, 2.45) is 0 Å². The van der Waals surface area contributed by atoms with E-state index < -0.39 is 0 Å². The third-order valence-electron chi connectivity index (χ3n) is 5.20. The van der Waals surface area contributed by atoms with Crippen LogP contribution in [0.15, 0.2) is 54.7 Å². The molecule has 1 unspecified atom stereocenters. The fourth-order valence-electron chi connectivity index (χ4n) is 3.76. The van der Waals surface area contributed by atoms with Gasteiger partial charge in [0.2, 0.25) is 5.91 Å². The molecule has 4 rings (SSSR count). The number of rotatable bonds is 3. The number of hydrogen-bond acceptors (Lipinski definition) is 1. The summed E-state index contributed by atoms with van der Waals surface area (Å²) in [5.41, 5.74) is 4.85. The smallest absolute Gasteiger partial charge is 0.227 e. The second-order valence-electron chi connectivity index (χ2n) is 6.72. The minimum absolute atomic E-state index is 0.242. The number of H-pyrrole nitrogens is 1. The largest absolute Gasteiger partial charge is 0.361 e. The van der Waals surface area contributed by atoms with Crippen LogP contribution in [0.4, 0.5) is 0 Å². The third-order valence-corrected chi connectivity index (χ3v) is 5.20. The molecule has 1 fully saturated rings. The number of nitrogens with zero attached hydrogens (tertiary/aromatic N) is 1. The number of aromatic nitrogens is 1. The summed E-state index contributed by atoms with van der Waals surface area (Å²) in [5.74, 6) is 0.675. The van der Waals surface area contributed by atoms with Crippen LogP contribution in [-0.4, -0.2) is 28.9 Å². The molecule has 3 heteroatoms. The van der Waals surface area contributed by atoms with Crippen LogP contribution in [0.2, 0.25) is 0 Å². The van der Waals surface area contributed by atoms with Crippen LogP contribution in [0.25, 0.3) is 10.9 Å². The molecule has 0 radical (unpaired) electrons. The maximum atomic E-state index is 12.7. The molecule has 1 aliphatic heterocycles. The highest BCUT2D eigenvalue weighted by Gasteiger charge is 2.28. The highest BCUT2D eigenvalue weighted by atomic mass is 16.2. The molecule has 3 aromatic rings. The van der Waals surface area contributed by atoms with Gasteiger partial charge in [-0.2, -0.15) is 0 Å². The number of benzene rings is 2. The minimum Gasteiger partial charge on any atom is -0.361 e. The van der Waals surface area contributed by atoms with E-state index in [1.165, 1.54) is 22.0 Å². The van der Waals surface area contributed by atoms with Gasteiger partial charge in [-0.3, -0.25) is 4.79 Å². The number of aromatic amines is 1. The molecule has 0 spiro atoms. The van der Waals surface area contributed by atoms with Crippen LogP contribution in [0.1, 0.15) is 29.0 Å². The van der Waals surface area contributed by atoms with E-state index in [1.54, 1.807) is 0 Å². The Morgan fingerprint density at radius 3 is 2.83 bits per heavy atom. The van der Waals surface area contributed by atoms with Crippen molar-refractivity contribution in [2.75, 3.05) is 13.1 Å². The second-order valence-corrected chi connectivity index (χ2v) is 6.72. The molecule has 24 heavy (non-hydrogen) atoms. The van der Waals surface area contributed by atoms with Gasteiger partial charge in [0, 0.05) is 36.1 Å². The van der Waals surface area contributed by atoms with E-state index in [0.29, 0.717) is 12.3 Å². The van der Waals surface area contributed by atoms with Crippen molar-refractivity contribution in [2.45, 2.75) is 25.7 Å². The predicted molar refractivity (Wildman–Crippen MR) is 97.1 cm³/mol. The summed E-state index contributed by atoms with van der Waals surface area (Å²) in [7, 11) is 0. The van der Waals surface area contributed by atoms with Crippen molar-refractivity contribution >= 4 is 16.8 Å². The van der Waals surface area contributed by atoms with Gasteiger partial charge in [0.15, 0.2) is 0 Å². The van der Waals surface area contributed by atoms with Gasteiger partial charge in [0.1, 0.15) is 0 Å². The number of amides is 1. The molecule has 0 bridgehead atoms. The minimum atomic E-state index is 0.242. The molecule has 1 atom stereocenters. The van der Waals surface area contributed by atoms with Crippen LogP contribution in [0.3, 0.4) is 0 Å². The summed E-state index contributed by atoms with van der Waals surface area (Å²) in [6.07, 6.45) is 3.67. The van der Waals surface area contributed by atoms with Crippen LogP contribution < -0.4 is 0 Å². The number of hydrogen-bond donors (Lipinski definition) is 1. The molecular formula is C21H22N2O. The maximum Gasteiger partial charge on any atom is 0.227 e. The summed E-state index contributed by atoms with van der Waals surface area (Å²) < 4.78 is 0. The molecule has 2 heterocycles. The quantitative estimate of drug-likeness (QED) is 0.777. The number of carbonyl (C=O) groups is 1. The normalized spacial score (nSPS) is 17.5. The molecule has 1 aliphatic rings. The fraction of sp³-hybridized carbons (Fsp3) is 0.286. The van der Waals surface area contributed by atoms with E-state index in [4.69, 9.17) is 0 Å². The zero-order valence-electron chi connectivity index (χ0n) is 14.0. The van der Waals surface area contributed by atoms with Gasteiger partial charge < -0.3 is 9.88 Å². The number of fused-ring (bicyclic) bond motifs is 1. The molecule has 3 nitrogen and oxygen atoms in total. The summed E-state index contributed by atoms with van der Waals surface area (Å²) in [5, 5.41) is 1.29. The Morgan fingerprint density at radius 2 is 1.96 bits per heavy atom. The van der Waals surface area contributed by atoms with E-state index in [2.05, 4.69) is 54.5 Å². The summed E-state index contributed by atoms with van der Waals surface area (Å²) in [6, 6.07) is 16.6. The third kappa shape index (κ3) is 2.71. The maximum absolute atomic E-state index is 12.7. The Labute approximate surface area is 142 Å². The molecule has 0 aliphatic carbocycles. The highest BCUT2D eigenvalue weighted by molar-refractivity contribution is 5.84. The van der Waals surface area contributed by atoms with Crippen molar-refractivity contribution in [3.63, 3.8) is 0 Å². The van der Waals surface area contributed by atoms with E-state index in [1.807, 2.05) is 17.0 Å². The van der Waals surface area contributed by atoms with E-state index in [9.17, 15) is 4.79 Å². The second kappa shape index (κ2) is 6.16. The van der Waals surface area contributed by atoms with Crippen molar-refractivity contribution in [3.05, 3.63) is 71.4 Å². The molecule has 1 saturated heterocycles. The summed E-state index contributed by atoms with van der Waals surface area (Å²) >= 11 is 0. The number of carbonyl (C=O) groups excluding carboxylic acids is 1.